The third-order valence-corrected chi connectivity index (χ3v) is 3.38. The van der Waals surface area contributed by atoms with Gasteiger partial charge in [0.15, 0.2) is 5.96 Å². The van der Waals surface area contributed by atoms with Crippen LogP contribution in [-0.4, -0.2) is 57.5 Å². The van der Waals surface area contributed by atoms with Crippen LogP contribution in [0.15, 0.2) is 4.99 Å². The molecule has 0 radical (unpaired) electrons. The van der Waals surface area contributed by atoms with Gasteiger partial charge in [0.25, 0.3) is 0 Å². The highest BCUT2D eigenvalue weighted by Gasteiger charge is 2.14. The van der Waals surface area contributed by atoms with Crippen LogP contribution in [0.3, 0.4) is 0 Å². The zero-order chi connectivity index (χ0) is 18.9. The normalized spacial score (nSPS) is 12.3. The molecule has 0 bridgehead atoms. The minimum Gasteiger partial charge on any atom is -0.450 e. The van der Waals surface area contributed by atoms with Gasteiger partial charge in [-0.05, 0) is 46.0 Å². The molecule has 1 unspecified atom stereocenters. The van der Waals surface area contributed by atoms with E-state index in [1.54, 1.807) is 6.92 Å². The molecule has 0 aromatic rings. The first-order chi connectivity index (χ1) is 12.0. The second-order valence-electron chi connectivity index (χ2n) is 6.24. The van der Waals surface area contributed by atoms with E-state index in [4.69, 9.17) is 9.47 Å². The topological polar surface area (TPSA) is 84.0 Å². The van der Waals surface area contributed by atoms with Crippen molar-refractivity contribution in [2.24, 2.45) is 10.9 Å². The number of hydrogen-bond acceptors (Lipinski definition) is 4. The number of alkyl carbamates (subject to hydrolysis) is 1. The van der Waals surface area contributed by atoms with Gasteiger partial charge in [0, 0.05) is 26.3 Å². The fraction of sp³-hybridized carbons (Fsp3) is 0.889. The monoisotopic (exact) mass is 486 g/mol. The maximum Gasteiger partial charge on any atom is 0.407 e. The lowest BCUT2D eigenvalue weighted by atomic mass is 10.0. The van der Waals surface area contributed by atoms with Crippen LogP contribution in [0.25, 0.3) is 0 Å². The highest BCUT2D eigenvalue weighted by Crippen LogP contribution is 2.05. The van der Waals surface area contributed by atoms with Crippen LogP contribution >= 0.6 is 24.0 Å². The van der Waals surface area contributed by atoms with E-state index in [2.05, 4.69) is 34.8 Å². The highest BCUT2D eigenvalue weighted by atomic mass is 127. The molecule has 0 aliphatic carbocycles. The average molecular weight is 486 g/mol. The summed E-state index contributed by atoms with van der Waals surface area (Å²) in [6, 6.07) is -0.0348. The van der Waals surface area contributed by atoms with Gasteiger partial charge in [0.1, 0.15) is 0 Å². The number of ether oxygens (including phenoxy) is 2. The summed E-state index contributed by atoms with van der Waals surface area (Å²) in [4.78, 5) is 16.3. The fourth-order valence-electron chi connectivity index (χ4n) is 2.31. The predicted octanol–water partition coefficient (Wildman–Crippen LogP) is 3.14. The Morgan fingerprint density at radius 2 is 1.81 bits per heavy atom. The fourth-order valence-corrected chi connectivity index (χ4v) is 2.31. The van der Waals surface area contributed by atoms with Crippen molar-refractivity contribution in [1.82, 2.24) is 16.0 Å². The van der Waals surface area contributed by atoms with Gasteiger partial charge in [-0.2, -0.15) is 0 Å². The number of hydrogen-bond donors (Lipinski definition) is 3. The van der Waals surface area contributed by atoms with Crippen LogP contribution < -0.4 is 16.0 Å². The quantitative estimate of drug-likeness (QED) is 0.161. The zero-order valence-electron chi connectivity index (χ0n) is 17.1. The van der Waals surface area contributed by atoms with E-state index in [0.717, 1.165) is 51.5 Å². The summed E-state index contributed by atoms with van der Waals surface area (Å²) in [6.07, 6.45) is 2.54. The molecule has 0 aromatic carbocycles. The number of carbonyl (C=O) groups is 1. The number of carbonyl (C=O) groups excluding carboxylic acids is 1. The average Bonchev–Trinajstić information content (AvgIpc) is 2.55. The third-order valence-electron chi connectivity index (χ3n) is 3.38. The number of amides is 1. The lowest BCUT2D eigenvalue weighted by Gasteiger charge is -2.19. The van der Waals surface area contributed by atoms with Crippen molar-refractivity contribution in [3.8, 4) is 0 Å². The van der Waals surface area contributed by atoms with Crippen LogP contribution in [0.2, 0.25) is 0 Å². The smallest absolute Gasteiger partial charge is 0.407 e. The Balaban J connectivity index is 0. The SMILES string of the molecule is CCNC(=NCC(CC(C)C)NC(=O)OCC)NCCCCOCC.I. The van der Waals surface area contributed by atoms with Gasteiger partial charge in [-0.25, -0.2) is 4.79 Å². The van der Waals surface area contributed by atoms with Crippen LogP contribution in [0.5, 0.6) is 0 Å². The molecule has 0 saturated carbocycles. The Bertz CT molecular complexity index is 368. The summed E-state index contributed by atoms with van der Waals surface area (Å²) in [7, 11) is 0. The minimum absolute atomic E-state index is 0. The molecule has 8 heteroatoms. The van der Waals surface area contributed by atoms with Crippen molar-refractivity contribution < 1.29 is 14.3 Å². The second kappa shape index (κ2) is 19.0. The van der Waals surface area contributed by atoms with E-state index < -0.39 is 0 Å². The Morgan fingerprint density at radius 3 is 2.38 bits per heavy atom. The van der Waals surface area contributed by atoms with Crippen molar-refractivity contribution >= 4 is 36.0 Å². The Labute approximate surface area is 176 Å². The Kier molecular flexibility index (Phi) is 20.1. The van der Waals surface area contributed by atoms with Gasteiger partial charge in [0.05, 0.1) is 19.2 Å². The van der Waals surface area contributed by atoms with Crippen molar-refractivity contribution in [2.75, 3.05) is 39.5 Å². The molecule has 1 atom stereocenters. The molecule has 26 heavy (non-hydrogen) atoms. The number of unbranched alkanes of at least 4 members (excludes halogenated alkanes) is 1. The molecule has 3 N–H and O–H groups in total. The number of aliphatic imine (C=N–C) groups is 1. The van der Waals surface area contributed by atoms with Crippen molar-refractivity contribution in [3.63, 3.8) is 0 Å². The molecule has 0 fully saturated rings. The summed E-state index contributed by atoms with van der Waals surface area (Å²) in [5, 5.41) is 9.46. The third kappa shape index (κ3) is 16.7. The molecule has 7 nitrogen and oxygen atoms in total. The molecular weight excluding hydrogens is 447 g/mol. The summed E-state index contributed by atoms with van der Waals surface area (Å²) >= 11 is 0. The summed E-state index contributed by atoms with van der Waals surface area (Å²) in [5.74, 6) is 1.24. The molecule has 0 aliphatic rings. The maximum absolute atomic E-state index is 11.7. The zero-order valence-corrected chi connectivity index (χ0v) is 19.4. The second-order valence-corrected chi connectivity index (χ2v) is 6.24. The standard InChI is InChI=1S/C18H38N4O3.HI/c1-6-19-17(20-11-9-10-12-24-7-2)21-14-16(13-15(4)5)22-18(23)25-8-3;/h15-16H,6-14H2,1-5H3,(H,22,23)(H2,19,20,21);1H. The van der Waals surface area contributed by atoms with E-state index in [-0.39, 0.29) is 36.1 Å². The summed E-state index contributed by atoms with van der Waals surface area (Å²) in [5.41, 5.74) is 0. The van der Waals surface area contributed by atoms with Crippen molar-refractivity contribution in [3.05, 3.63) is 0 Å². The number of guanidine groups is 1. The summed E-state index contributed by atoms with van der Waals surface area (Å²) in [6.45, 7) is 14.2. The Hall–Kier alpha value is -0.770. The first-order valence-electron chi connectivity index (χ1n) is 9.56. The van der Waals surface area contributed by atoms with Gasteiger partial charge < -0.3 is 25.4 Å². The molecule has 0 rings (SSSR count). The number of halogens is 1. The first-order valence-corrected chi connectivity index (χ1v) is 9.56. The summed E-state index contributed by atoms with van der Waals surface area (Å²) < 4.78 is 10.3. The van der Waals surface area contributed by atoms with Crippen molar-refractivity contribution in [2.45, 2.75) is 59.9 Å². The predicted molar refractivity (Wildman–Crippen MR) is 119 cm³/mol. The van der Waals surface area contributed by atoms with E-state index in [1.165, 1.54) is 0 Å². The van der Waals surface area contributed by atoms with Crippen molar-refractivity contribution in [1.29, 1.82) is 0 Å². The van der Waals surface area contributed by atoms with E-state index >= 15 is 0 Å². The lowest BCUT2D eigenvalue weighted by Crippen LogP contribution is -2.41. The van der Waals surface area contributed by atoms with Gasteiger partial charge in [-0.3, -0.25) is 4.99 Å². The highest BCUT2D eigenvalue weighted by molar-refractivity contribution is 14.0. The molecule has 1 amide bonds. The van der Waals surface area contributed by atoms with Crippen LogP contribution in [0, 0.1) is 5.92 Å². The van der Waals surface area contributed by atoms with Gasteiger partial charge in [0.2, 0.25) is 0 Å². The van der Waals surface area contributed by atoms with Crippen LogP contribution in [0.1, 0.15) is 53.9 Å². The van der Waals surface area contributed by atoms with E-state index in [0.29, 0.717) is 19.1 Å². The first kappa shape index (κ1) is 27.4. The molecule has 0 aromatic heterocycles. The largest absolute Gasteiger partial charge is 0.450 e. The van der Waals surface area contributed by atoms with Crippen LogP contribution in [-0.2, 0) is 9.47 Å². The van der Waals surface area contributed by atoms with Gasteiger partial charge >= 0.3 is 6.09 Å². The number of nitrogens with one attached hydrogen (secondary N) is 3. The molecular formula is C18H39IN4O3. The molecule has 0 heterocycles. The van der Waals surface area contributed by atoms with E-state index in [1.807, 2.05) is 13.8 Å². The molecule has 0 spiro atoms. The van der Waals surface area contributed by atoms with Gasteiger partial charge in [-0.15, -0.1) is 24.0 Å². The minimum atomic E-state index is -0.378. The number of nitrogens with zero attached hydrogens (tertiary/aromatic N) is 1. The van der Waals surface area contributed by atoms with Crippen LogP contribution in [0.4, 0.5) is 4.79 Å². The number of rotatable bonds is 13. The maximum atomic E-state index is 11.7. The molecule has 0 saturated heterocycles. The van der Waals surface area contributed by atoms with E-state index in [9.17, 15) is 4.79 Å². The van der Waals surface area contributed by atoms with Gasteiger partial charge in [-0.1, -0.05) is 13.8 Å². The Morgan fingerprint density at radius 1 is 1.08 bits per heavy atom. The lowest BCUT2D eigenvalue weighted by molar-refractivity contribution is 0.143. The molecule has 0 aliphatic heterocycles. The molecule has 156 valence electrons.